The van der Waals surface area contributed by atoms with Gasteiger partial charge in [0.2, 0.25) is 0 Å². The van der Waals surface area contributed by atoms with Crippen LogP contribution in [0.4, 0.5) is 8.78 Å². The van der Waals surface area contributed by atoms with Gasteiger partial charge in [-0.15, -0.1) is 11.3 Å². The van der Waals surface area contributed by atoms with Gasteiger partial charge in [-0.25, -0.2) is 13.8 Å². The highest BCUT2D eigenvalue weighted by Gasteiger charge is 2.34. The minimum Gasteiger partial charge on any atom is -0.510 e. The molecule has 2 aromatic rings. The summed E-state index contributed by atoms with van der Waals surface area (Å²) in [7, 11) is 0. The van der Waals surface area contributed by atoms with Crippen molar-refractivity contribution in [2.45, 2.75) is 38.1 Å². The fourth-order valence-corrected chi connectivity index (χ4v) is 4.60. The second kappa shape index (κ2) is 6.79. The number of benzene rings is 1. The van der Waals surface area contributed by atoms with Crippen LogP contribution < -0.4 is 0 Å². The van der Waals surface area contributed by atoms with Crippen LogP contribution >= 0.6 is 11.3 Å². The molecular formula is C19H19F2N3OS. The third-order valence-corrected chi connectivity index (χ3v) is 5.94. The monoisotopic (exact) mass is 375 g/mol. The maximum atomic E-state index is 13.5. The number of aliphatic hydroxyl groups is 1. The molecule has 26 heavy (non-hydrogen) atoms. The minimum absolute atomic E-state index is 0.159. The largest absolute Gasteiger partial charge is 0.510 e. The summed E-state index contributed by atoms with van der Waals surface area (Å²) < 4.78 is 26.6. The first kappa shape index (κ1) is 17.1. The molecule has 4 nitrogen and oxygen atoms in total. The Kier molecular flexibility index (Phi) is 4.48. The first-order valence-electron chi connectivity index (χ1n) is 8.73. The van der Waals surface area contributed by atoms with E-state index in [0.29, 0.717) is 40.3 Å². The van der Waals surface area contributed by atoms with Crippen LogP contribution in [0, 0.1) is 17.0 Å². The summed E-state index contributed by atoms with van der Waals surface area (Å²) in [5, 5.41) is 21.2. The third kappa shape index (κ3) is 3.00. The van der Waals surface area contributed by atoms with Crippen LogP contribution in [-0.2, 0) is 0 Å². The van der Waals surface area contributed by atoms with Crippen LogP contribution in [0.3, 0.4) is 0 Å². The van der Waals surface area contributed by atoms with Crippen LogP contribution in [0.25, 0.3) is 16.8 Å². The molecule has 7 heteroatoms. The Morgan fingerprint density at radius 3 is 2.65 bits per heavy atom. The van der Waals surface area contributed by atoms with Gasteiger partial charge < -0.3 is 10.0 Å². The van der Waals surface area contributed by atoms with E-state index in [1.165, 1.54) is 23.8 Å². The standard InChI is InChI=1S/C19H19F2N3OS/c20-13-7-6-11(8-14(13)21)15-10-26-19(23-15)17-16(25)9-24(18(17)22)12-4-2-1-3-5-12/h6-8,10,12,22,25H,1-5,9H2. The molecule has 2 aliphatic rings. The Hall–Kier alpha value is -2.28. The lowest BCUT2D eigenvalue weighted by atomic mass is 9.94. The van der Waals surface area contributed by atoms with Crippen molar-refractivity contribution in [1.82, 2.24) is 9.88 Å². The fraction of sp³-hybridized carbons (Fsp3) is 0.368. The lowest BCUT2D eigenvalue weighted by molar-refractivity contribution is 0.241. The molecule has 136 valence electrons. The minimum atomic E-state index is -0.920. The molecule has 1 aromatic carbocycles. The first-order valence-corrected chi connectivity index (χ1v) is 9.61. The number of halogens is 2. The van der Waals surface area contributed by atoms with Gasteiger partial charge in [0, 0.05) is 17.0 Å². The number of nitrogens with zero attached hydrogens (tertiary/aromatic N) is 2. The summed E-state index contributed by atoms with van der Waals surface area (Å²) in [6.45, 7) is 0.346. The molecule has 2 heterocycles. The Bertz CT molecular complexity index is 887. The maximum Gasteiger partial charge on any atom is 0.159 e. The summed E-state index contributed by atoms with van der Waals surface area (Å²) in [6.07, 6.45) is 5.62. The maximum absolute atomic E-state index is 13.5. The van der Waals surface area contributed by atoms with E-state index in [2.05, 4.69) is 4.98 Å². The normalized spacial score (nSPS) is 18.8. The zero-order chi connectivity index (χ0) is 18.3. The van der Waals surface area contributed by atoms with Gasteiger partial charge in [-0.2, -0.15) is 0 Å². The quantitative estimate of drug-likeness (QED) is 0.795. The Morgan fingerprint density at radius 2 is 1.92 bits per heavy atom. The summed E-state index contributed by atoms with van der Waals surface area (Å²) in [5.41, 5.74) is 1.43. The van der Waals surface area contributed by atoms with Crippen molar-refractivity contribution in [2.24, 2.45) is 0 Å². The zero-order valence-corrected chi connectivity index (χ0v) is 15.0. The number of aromatic nitrogens is 1. The van der Waals surface area contributed by atoms with Crippen LogP contribution in [-0.4, -0.2) is 33.4 Å². The van der Waals surface area contributed by atoms with Crippen molar-refractivity contribution in [3.63, 3.8) is 0 Å². The number of nitrogens with one attached hydrogen (secondary N) is 1. The highest BCUT2D eigenvalue weighted by atomic mass is 32.1. The van der Waals surface area contributed by atoms with Crippen LogP contribution in [0.5, 0.6) is 0 Å². The summed E-state index contributed by atoms with van der Waals surface area (Å²) >= 11 is 1.30. The topological polar surface area (TPSA) is 60.2 Å². The van der Waals surface area contributed by atoms with Crippen molar-refractivity contribution < 1.29 is 13.9 Å². The molecule has 0 spiro atoms. The predicted octanol–water partition coefficient (Wildman–Crippen LogP) is 4.98. The highest BCUT2D eigenvalue weighted by molar-refractivity contribution is 7.11. The van der Waals surface area contributed by atoms with Gasteiger partial charge in [-0.05, 0) is 31.0 Å². The van der Waals surface area contributed by atoms with Gasteiger partial charge >= 0.3 is 0 Å². The molecule has 2 N–H and O–H groups in total. The number of thiazole rings is 1. The van der Waals surface area contributed by atoms with Crippen LogP contribution in [0.2, 0.25) is 0 Å². The van der Waals surface area contributed by atoms with Gasteiger partial charge in [0.25, 0.3) is 0 Å². The molecule has 0 amide bonds. The average Bonchev–Trinajstić information content (AvgIpc) is 3.22. The molecule has 0 atom stereocenters. The van der Waals surface area contributed by atoms with Crippen molar-refractivity contribution in [3.8, 4) is 11.3 Å². The van der Waals surface area contributed by atoms with Gasteiger partial charge in [-0.3, -0.25) is 5.41 Å². The molecule has 0 saturated heterocycles. The van der Waals surface area contributed by atoms with Gasteiger partial charge in [0.15, 0.2) is 11.6 Å². The second-order valence-electron chi connectivity index (χ2n) is 6.76. The fourth-order valence-electron chi connectivity index (χ4n) is 3.71. The van der Waals surface area contributed by atoms with E-state index < -0.39 is 11.6 Å². The Balaban J connectivity index is 1.59. The number of hydrogen-bond acceptors (Lipinski definition) is 4. The summed E-state index contributed by atoms with van der Waals surface area (Å²) in [5.74, 6) is -1.35. The zero-order valence-electron chi connectivity index (χ0n) is 14.1. The van der Waals surface area contributed by atoms with Gasteiger partial charge in [-0.1, -0.05) is 19.3 Å². The molecule has 4 rings (SSSR count). The van der Waals surface area contributed by atoms with Crippen LogP contribution in [0.1, 0.15) is 37.1 Å². The SMILES string of the molecule is N=C1C(c2nc(-c3ccc(F)c(F)c3)cs2)=C(O)CN1C1CCCCC1. The van der Waals surface area contributed by atoms with E-state index in [4.69, 9.17) is 5.41 Å². The van der Waals surface area contributed by atoms with E-state index in [-0.39, 0.29) is 5.76 Å². The van der Waals surface area contributed by atoms with Crippen molar-refractivity contribution >= 4 is 22.7 Å². The molecule has 1 aliphatic heterocycles. The average molecular weight is 375 g/mol. The first-order chi connectivity index (χ1) is 12.5. The molecule has 1 aliphatic carbocycles. The van der Waals surface area contributed by atoms with E-state index in [1.807, 2.05) is 4.90 Å². The molecular weight excluding hydrogens is 356 g/mol. The molecule has 0 bridgehead atoms. The number of hydrogen-bond donors (Lipinski definition) is 2. The molecule has 1 fully saturated rings. The third-order valence-electron chi connectivity index (χ3n) is 5.08. The van der Waals surface area contributed by atoms with E-state index >= 15 is 0 Å². The number of aliphatic hydroxyl groups excluding tert-OH is 1. The molecule has 1 aromatic heterocycles. The van der Waals surface area contributed by atoms with E-state index in [1.54, 1.807) is 5.38 Å². The van der Waals surface area contributed by atoms with Crippen LogP contribution in [0.15, 0.2) is 29.3 Å². The second-order valence-corrected chi connectivity index (χ2v) is 7.61. The Labute approximate surface area is 154 Å². The molecule has 0 unspecified atom stereocenters. The Morgan fingerprint density at radius 1 is 1.15 bits per heavy atom. The summed E-state index contributed by atoms with van der Waals surface area (Å²) in [6, 6.07) is 3.95. The van der Waals surface area contributed by atoms with Crippen molar-refractivity contribution in [3.05, 3.63) is 46.0 Å². The van der Waals surface area contributed by atoms with Gasteiger partial charge in [0.05, 0.1) is 17.8 Å². The lowest BCUT2D eigenvalue weighted by Gasteiger charge is -2.32. The summed E-state index contributed by atoms with van der Waals surface area (Å²) in [4.78, 5) is 6.42. The molecule has 1 saturated carbocycles. The number of amidine groups is 1. The smallest absolute Gasteiger partial charge is 0.159 e. The predicted molar refractivity (Wildman–Crippen MR) is 98.3 cm³/mol. The highest BCUT2D eigenvalue weighted by Crippen LogP contribution is 2.35. The molecule has 0 radical (unpaired) electrons. The van der Waals surface area contributed by atoms with E-state index in [0.717, 1.165) is 37.8 Å². The lowest BCUT2D eigenvalue weighted by Crippen LogP contribution is -2.38. The number of rotatable bonds is 3. The van der Waals surface area contributed by atoms with Crippen molar-refractivity contribution in [2.75, 3.05) is 6.54 Å². The van der Waals surface area contributed by atoms with E-state index in [9.17, 15) is 13.9 Å². The van der Waals surface area contributed by atoms with Gasteiger partial charge in [0.1, 0.15) is 16.6 Å². The van der Waals surface area contributed by atoms with Crippen molar-refractivity contribution in [1.29, 1.82) is 5.41 Å².